The van der Waals surface area contributed by atoms with E-state index in [0.717, 1.165) is 11.8 Å². The highest BCUT2D eigenvalue weighted by Gasteiger charge is 1.95. The summed E-state index contributed by atoms with van der Waals surface area (Å²) in [5.41, 5.74) is 0. The van der Waals surface area contributed by atoms with E-state index in [0.29, 0.717) is 0 Å². The molecule has 0 aliphatic rings. The van der Waals surface area contributed by atoms with Crippen molar-refractivity contribution in [2.24, 2.45) is 11.8 Å². The minimum absolute atomic E-state index is 0. The summed E-state index contributed by atoms with van der Waals surface area (Å²) in [6.45, 7) is 9.20. The Hall–Kier alpha value is 0.495. The summed E-state index contributed by atoms with van der Waals surface area (Å²) < 4.78 is 0. The lowest BCUT2D eigenvalue weighted by molar-refractivity contribution is 0.725. The van der Waals surface area contributed by atoms with Crippen LogP contribution in [0.15, 0.2) is 0 Å². The van der Waals surface area contributed by atoms with Crippen molar-refractivity contribution in [3.8, 4) is 0 Å². The maximum absolute atomic E-state index is 2.30. The first-order valence-electron chi connectivity index (χ1n) is 3.83. The lowest BCUT2D eigenvalue weighted by Gasteiger charge is -2.06. The van der Waals surface area contributed by atoms with Gasteiger partial charge in [0.15, 0.2) is 0 Å². The van der Waals surface area contributed by atoms with E-state index in [2.05, 4.69) is 27.7 Å². The van der Waals surface area contributed by atoms with Crippen molar-refractivity contribution >= 4 is 17.0 Å². The molecule has 0 N–H and O–H groups in total. The van der Waals surface area contributed by atoms with Gasteiger partial charge in [0.2, 0.25) is 0 Å². The lowest BCUT2D eigenvalue weighted by atomic mass is 10.3. The second-order valence-electron chi connectivity index (χ2n) is 3.45. The van der Waals surface area contributed by atoms with E-state index in [1.54, 1.807) is 0 Å². The first kappa shape index (κ1) is 13.1. The van der Waals surface area contributed by atoms with Gasteiger partial charge in [-0.2, -0.15) is 0 Å². The number of hydrogen-bond donors (Lipinski definition) is 0. The Balaban J connectivity index is 0. The zero-order valence-electron chi connectivity index (χ0n) is 7.07. The molecule has 0 bridgehead atoms. The number of hydrogen-bond acceptors (Lipinski definition) is 0. The highest BCUT2D eigenvalue weighted by atomic mass is 31.1. The third-order valence-electron chi connectivity index (χ3n) is 1.11. The summed E-state index contributed by atoms with van der Waals surface area (Å²) in [6.07, 6.45) is 2.86. The molecule has 0 aliphatic carbocycles. The molecule has 10 heavy (non-hydrogen) atoms. The van der Waals surface area contributed by atoms with E-state index < -0.39 is 0 Å². The third-order valence-corrected chi connectivity index (χ3v) is 3.32. The van der Waals surface area contributed by atoms with Crippen LogP contribution in [0.1, 0.15) is 27.7 Å². The molecule has 0 atom stereocenters. The van der Waals surface area contributed by atoms with E-state index in [4.69, 9.17) is 0 Å². The Morgan fingerprint density at radius 3 is 1.40 bits per heavy atom. The van der Waals surface area contributed by atoms with E-state index in [1.165, 1.54) is 20.9 Å². The molecule has 0 nitrogen and oxygen atoms in total. The Bertz CT molecular complexity index is 54.3. The summed E-state index contributed by atoms with van der Waals surface area (Å²) >= 11 is 0. The molecule has 62 valence electrons. The summed E-state index contributed by atoms with van der Waals surface area (Å²) in [5.74, 6) is 1.81. The molecule has 0 radical (unpaired) electrons. The second-order valence-corrected chi connectivity index (χ2v) is 4.76. The molecule has 0 aromatic rings. The van der Waals surface area contributed by atoms with Gasteiger partial charge in [0.05, 0.1) is 8.41 Å². The van der Waals surface area contributed by atoms with Gasteiger partial charge >= 0.3 is 0 Å². The van der Waals surface area contributed by atoms with Gasteiger partial charge in [0, 0.05) is 0 Å². The van der Waals surface area contributed by atoms with Gasteiger partial charge < -0.3 is 0 Å². The van der Waals surface area contributed by atoms with Crippen molar-refractivity contribution in [1.82, 2.24) is 0 Å². The average Bonchev–Trinajstić information content (AvgIpc) is 1.63. The maximum Gasteiger partial charge on any atom is 0.0814 e. The van der Waals surface area contributed by atoms with Crippen LogP contribution in [-0.2, 0) is 0 Å². The minimum Gasteiger partial charge on any atom is -0.122 e. The molecular weight excluding hydrogens is 138 g/mol. The molecule has 0 unspecified atom stereocenters. The molecule has 0 spiro atoms. The predicted molar refractivity (Wildman–Crippen MR) is 57.7 cm³/mol. The van der Waals surface area contributed by atoms with Crippen LogP contribution in [-0.4, -0.2) is 20.7 Å². The second kappa shape index (κ2) is 7.60. The first-order chi connectivity index (χ1) is 4.13. The summed E-state index contributed by atoms with van der Waals surface area (Å²) in [5, 5.41) is 0. The molecule has 0 saturated carbocycles. The van der Waals surface area contributed by atoms with Crippen LogP contribution in [0.2, 0.25) is 0 Å². The van der Waals surface area contributed by atoms with Crippen molar-refractivity contribution in [1.29, 1.82) is 0 Å². The molecule has 2 heteroatoms. The average molecular weight is 160 g/mol. The Morgan fingerprint density at radius 1 is 0.900 bits per heavy atom. The molecule has 0 amide bonds. The van der Waals surface area contributed by atoms with E-state index in [9.17, 15) is 0 Å². The summed E-state index contributed by atoms with van der Waals surface area (Å²) in [7, 11) is 1.19. The highest BCUT2D eigenvalue weighted by molar-refractivity contribution is 7.37. The van der Waals surface area contributed by atoms with E-state index >= 15 is 0 Å². The van der Waals surface area contributed by atoms with Gasteiger partial charge in [-0.05, 0) is 24.2 Å². The zero-order valence-corrected chi connectivity index (χ0v) is 8.07. The third kappa shape index (κ3) is 11.3. The number of rotatable bonds is 4. The SMILES string of the molecule is B.CC(C)CPCC(C)C. The molecule has 0 aromatic carbocycles. The fraction of sp³-hybridized carbons (Fsp3) is 1.00. The molecular formula is C8H22BP. The maximum atomic E-state index is 2.30. The molecule has 0 saturated heterocycles. The van der Waals surface area contributed by atoms with Crippen molar-refractivity contribution in [3.05, 3.63) is 0 Å². The molecule has 0 aromatic heterocycles. The zero-order chi connectivity index (χ0) is 7.28. The Labute approximate surface area is 69.5 Å². The van der Waals surface area contributed by atoms with Gasteiger partial charge in [-0.15, -0.1) is 8.58 Å². The van der Waals surface area contributed by atoms with Crippen molar-refractivity contribution in [2.45, 2.75) is 27.7 Å². The van der Waals surface area contributed by atoms with Crippen LogP contribution in [0.5, 0.6) is 0 Å². The van der Waals surface area contributed by atoms with Crippen LogP contribution >= 0.6 is 8.58 Å². The quantitative estimate of drug-likeness (QED) is 0.434. The molecule has 0 aliphatic heterocycles. The van der Waals surface area contributed by atoms with Gasteiger partial charge in [-0.1, -0.05) is 27.7 Å². The van der Waals surface area contributed by atoms with Crippen molar-refractivity contribution < 1.29 is 0 Å². The van der Waals surface area contributed by atoms with Crippen LogP contribution in [0.3, 0.4) is 0 Å². The normalized spacial score (nSPS) is 10.2. The summed E-state index contributed by atoms with van der Waals surface area (Å²) in [4.78, 5) is 0. The molecule has 0 fully saturated rings. The standard InChI is InChI=1S/C8H19P.BH3/c1-7(2)5-9-6-8(3)4;/h7-9H,5-6H2,1-4H3;1H3. The Morgan fingerprint density at radius 2 is 1.20 bits per heavy atom. The Kier molecular flexibility index (Phi) is 9.96. The molecule has 0 rings (SSSR count). The fourth-order valence-electron chi connectivity index (χ4n) is 0.661. The molecule has 0 heterocycles. The lowest BCUT2D eigenvalue weighted by Crippen LogP contribution is -1.94. The smallest absolute Gasteiger partial charge is 0.0814 e. The van der Waals surface area contributed by atoms with Gasteiger partial charge in [-0.25, -0.2) is 0 Å². The van der Waals surface area contributed by atoms with Gasteiger partial charge in [0.1, 0.15) is 0 Å². The van der Waals surface area contributed by atoms with Crippen molar-refractivity contribution in [3.63, 3.8) is 0 Å². The predicted octanol–water partition coefficient (Wildman–Crippen LogP) is 1.79. The van der Waals surface area contributed by atoms with Crippen molar-refractivity contribution in [2.75, 3.05) is 12.3 Å². The highest BCUT2D eigenvalue weighted by Crippen LogP contribution is 2.17. The van der Waals surface area contributed by atoms with Crippen LogP contribution in [0.4, 0.5) is 0 Å². The first-order valence-corrected chi connectivity index (χ1v) is 5.25. The van der Waals surface area contributed by atoms with Gasteiger partial charge in [0.25, 0.3) is 0 Å². The van der Waals surface area contributed by atoms with Crippen LogP contribution in [0.25, 0.3) is 0 Å². The van der Waals surface area contributed by atoms with Crippen LogP contribution < -0.4 is 0 Å². The largest absolute Gasteiger partial charge is 0.122 e. The van der Waals surface area contributed by atoms with E-state index in [-0.39, 0.29) is 8.41 Å². The van der Waals surface area contributed by atoms with E-state index in [1.807, 2.05) is 0 Å². The minimum atomic E-state index is 0. The van der Waals surface area contributed by atoms with Gasteiger partial charge in [-0.3, -0.25) is 0 Å². The topological polar surface area (TPSA) is 0 Å². The van der Waals surface area contributed by atoms with Crippen LogP contribution in [0, 0.1) is 11.8 Å². The monoisotopic (exact) mass is 160 g/mol. The fourth-order valence-corrected chi connectivity index (χ4v) is 1.98. The summed E-state index contributed by atoms with van der Waals surface area (Å²) in [6, 6.07) is 0.